The highest BCUT2D eigenvalue weighted by molar-refractivity contribution is 9.09. The number of carbonyl (C=O) groups excluding carboxylic acids is 1. The average molecular weight is 297 g/mol. The van der Waals surface area contributed by atoms with Crippen molar-refractivity contribution in [1.29, 1.82) is 0 Å². The van der Waals surface area contributed by atoms with E-state index in [1.807, 2.05) is 0 Å². The van der Waals surface area contributed by atoms with Gasteiger partial charge in [-0.25, -0.2) is 0 Å². The van der Waals surface area contributed by atoms with Gasteiger partial charge in [0.1, 0.15) is 5.75 Å². The minimum Gasteiger partial charge on any atom is -0.358 e. The van der Waals surface area contributed by atoms with Gasteiger partial charge < -0.3 is 4.18 Å². The maximum Gasteiger partial charge on any atom is 0.488 e. The number of halogens is 2. The molecular weight excluding hydrogens is 291 g/mol. The second-order valence-corrected chi connectivity index (χ2v) is 4.07. The summed E-state index contributed by atoms with van der Waals surface area (Å²) in [5.74, 6) is -0.340. The second kappa shape index (κ2) is 4.71. The van der Waals surface area contributed by atoms with Crippen molar-refractivity contribution in [3.05, 3.63) is 29.8 Å². The van der Waals surface area contributed by atoms with Gasteiger partial charge in [0.25, 0.3) is 0 Å². The Bertz CT molecular complexity index is 454. The first-order valence-electron chi connectivity index (χ1n) is 3.75. The third-order valence-electron chi connectivity index (χ3n) is 1.49. The molecule has 0 amide bonds. The van der Waals surface area contributed by atoms with Crippen LogP contribution in [0.15, 0.2) is 24.3 Å². The monoisotopic (exact) mass is 296 g/mol. The molecule has 0 spiro atoms. The fraction of sp³-hybridized carbons (Fsp3) is 0.125. The van der Waals surface area contributed by atoms with Gasteiger partial charge >= 0.3 is 10.5 Å². The zero-order chi connectivity index (χ0) is 11.5. The molecule has 0 saturated heterocycles. The summed E-state index contributed by atoms with van der Waals surface area (Å²) < 4.78 is 36.3. The molecule has 0 atom stereocenters. The SMILES string of the molecule is O=C(CBr)c1ccc(OS(=O)(=O)F)cc1. The van der Waals surface area contributed by atoms with Gasteiger partial charge in [-0.05, 0) is 24.3 Å². The van der Waals surface area contributed by atoms with Crippen LogP contribution in [0.2, 0.25) is 0 Å². The molecule has 1 aromatic carbocycles. The predicted molar refractivity (Wildman–Crippen MR) is 55.2 cm³/mol. The molecule has 7 heteroatoms. The van der Waals surface area contributed by atoms with Crippen LogP contribution < -0.4 is 4.18 Å². The Kier molecular flexibility index (Phi) is 3.81. The van der Waals surface area contributed by atoms with E-state index in [0.29, 0.717) is 5.56 Å². The van der Waals surface area contributed by atoms with E-state index in [1.54, 1.807) is 0 Å². The molecule has 4 nitrogen and oxygen atoms in total. The molecule has 0 heterocycles. The molecule has 0 aromatic heterocycles. The lowest BCUT2D eigenvalue weighted by Gasteiger charge is -2.00. The van der Waals surface area contributed by atoms with E-state index in [9.17, 15) is 17.1 Å². The van der Waals surface area contributed by atoms with Crippen LogP contribution >= 0.6 is 15.9 Å². The summed E-state index contributed by atoms with van der Waals surface area (Å²) in [4.78, 5) is 11.1. The Labute approximate surface area is 94.6 Å². The van der Waals surface area contributed by atoms with Crippen molar-refractivity contribution in [2.24, 2.45) is 0 Å². The molecule has 0 bridgehead atoms. The maximum atomic E-state index is 12.1. The van der Waals surface area contributed by atoms with Crippen LogP contribution in [-0.2, 0) is 10.5 Å². The minimum atomic E-state index is -5.01. The van der Waals surface area contributed by atoms with Gasteiger partial charge in [0.05, 0.1) is 5.33 Å². The molecule has 0 aliphatic rings. The predicted octanol–water partition coefficient (Wildman–Crippen LogP) is 1.86. The highest BCUT2D eigenvalue weighted by atomic mass is 79.9. The van der Waals surface area contributed by atoms with E-state index in [0.717, 1.165) is 0 Å². The largest absolute Gasteiger partial charge is 0.488 e. The molecule has 1 rings (SSSR count). The fourth-order valence-electron chi connectivity index (χ4n) is 0.888. The van der Waals surface area contributed by atoms with E-state index in [1.165, 1.54) is 24.3 Å². The van der Waals surface area contributed by atoms with Crippen LogP contribution in [-0.4, -0.2) is 19.5 Å². The summed E-state index contributed by atoms with van der Waals surface area (Å²) in [5.41, 5.74) is 0.385. The minimum absolute atomic E-state index is 0.161. The van der Waals surface area contributed by atoms with Gasteiger partial charge in [-0.1, -0.05) is 19.8 Å². The molecule has 0 fully saturated rings. The third kappa shape index (κ3) is 3.96. The molecule has 0 N–H and O–H groups in total. The summed E-state index contributed by atoms with van der Waals surface area (Å²) in [5, 5.41) is 0.161. The molecule has 0 aliphatic heterocycles. The lowest BCUT2D eigenvalue weighted by Crippen LogP contribution is -2.02. The molecule has 0 aliphatic carbocycles. The molecule has 0 radical (unpaired) electrons. The number of benzene rings is 1. The second-order valence-electron chi connectivity index (χ2n) is 2.56. The first kappa shape index (κ1) is 12.1. The zero-order valence-corrected chi connectivity index (χ0v) is 9.72. The van der Waals surface area contributed by atoms with Crippen molar-refractivity contribution in [2.75, 3.05) is 5.33 Å². The zero-order valence-electron chi connectivity index (χ0n) is 7.31. The van der Waals surface area contributed by atoms with E-state index < -0.39 is 10.5 Å². The van der Waals surface area contributed by atoms with Gasteiger partial charge in [0.2, 0.25) is 0 Å². The van der Waals surface area contributed by atoms with Crippen LogP contribution in [0.5, 0.6) is 5.75 Å². The van der Waals surface area contributed by atoms with Crippen LogP contribution in [0.1, 0.15) is 10.4 Å². The molecule has 1 aromatic rings. The third-order valence-corrected chi connectivity index (χ3v) is 2.39. The maximum absolute atomic E-state index is 12.1. The van der Waals surface area contributed by atoms with Crippen molar-refractivity contribution >= 4 is 32.2 Å². The lowest BCUT2D eigenvalue weighted by atomic mass is 10.1. The number of hydrogen-bond donors (Lipinski definition) is 0. The van der Waals surface area contributed by atoms with E-state index in [2.05, 4.69) is 20.1 Å². The highest BCUT2D eigenvalue weighted by Gasteiger charge is 2.10. The van der Waals surface area contributed by atoms with Gasteiger partial charge in [-0.15, -0.1) is 0 Å². The van der Waals surface area contributed by atoms with Gasteiger partial charge in [0, 0.05) is 5.56 Å². The summed E-state index contributed by atoms with van der Waals surface area (Å²) in [6.07, 6.45) is 0. The van der Waals surface area contributed by atoms with E-state index in [-0.39, 0.29) is 16.9 Å². The topological polar surface area (TPSA) is 60.4 Å². The highest BCUT2D eigenvalue weighted by Crippen LogP contribution is 2.15. The molecule has 0 saturated carbocycles. The number of Topliss-reactive ketones (excluding diaryl/α,β-unsaturated/α-hetero) is 1. The van der Waals surface area contributed by atoms with Crippen molar-refractivity contribution in [1.82, 2.24) is 0 Å². The first-order chi connectivity index (χ1) is 6.92. The number of carbonyl (C=O) groups is 1. The van der Waals surface area contributed by atoms with Gasteiger partial charge in [-0.3, -0.25) is 4.79 Å². The Morgan fingerprint density at radius 3 is 2.27 bits per heavy atom. The first-order valence-corrected chi connectivity index (χ1v) is 6.18. The smallest absolute Gasteiger partial charge is 0.358 e. The van der Waals surface area contributed by atoms with Crippen LogP contribution in [0, 0.1) is 0 Å². The fourth-order valence-corrected chi connectivity index (χ4v) is 1.55. The number of rotatable bonds is 4. The standard InChI is InChI=1S/C8H6BrFO4S/c9-5-8(11)6-1-3-7(4-2-6)14-15(10,12)13/h1-4H,5H2. The van der Waals surface area contributed by atoms with Crippen molar-refractivity contribution in [2.45, 2.75) is 0 Å². The molecular formula is C8H6BrFO4S. The summed E-state index contributed by atoms with van der Waals surface area (Å²) in [6.45, 7) is 0. The number of hydrogen-bond acceptors (Lipinski definition) is 4. The number of alkyl halides is 1. The summed E-state index contributed by atoms with van der Waals surface area (Å²) in [6, 6.07) is 5.11. The van der Waals surface area contributed by atoms with E-state index in [4.69, 9.17) is 0 Å². The quantitative estimate of drug-likeness (QED) is 0.483. The normalized spacial score (nSPS) is 11.1. The molecule has 15 heavy (non-hydrogen) atoms. The Morgan fingerprint density at radius 1 is 1.33 bits per heavy atom. The summed E-state index contributed by atoms with van der Waals surface area (Å²) in [7, 11) is -5.01. The Morgan fingerprint density at radius 2 is 1.87 bits per heavy atom. The molecule has 0 unspecified atom stereocenters. The number of ketones is 1. The average Bonchev–Trinajstić information content (AvgIpc) is 2.15. The van der Waals surface area contributed by atoms with Crippen molar-refractivity contribution in [3.8, 4) is 5.75 Å². The van der Waals surface area contributed by atoms with Gasteiger partial charge in [-0.2, -0.15) is 8.42 Å². The van der Waals surface area contributed by atoms with Crippen molar-refractivity contribution < 1.29 is 21.3 Å². The van der Waals surface area contributed by atoms with Crippen LogP contribution in [0.3, 0.4) is 0 Å². The lowest BCUT2D eigenvalue weighted by molar-refractivity contribution is 0.102. The Hall–Kier alpha value is -0.950. The van der Waals surface area contributed by atoms with Crippen LogP contribution in [0.4, 0.5) is 3.89 Å². The Balaban J connectivity index is 2.86. The molecule has 82 valence electrons. The van der Waals surface area contributed by atoms with Gasteiger partial charge in [0.15, 0.2) is 5.78 Å². The van der Waals surface area contributed by atoms with Crippen molar-refractivity contribution in [3.63, 3.8) is 0 Å². The van der Waals surface area contributed by atoms with E-state index >= 15 is 0 Å². The summed E-state index contributed by atoms with van der Waals surface area (Å²) >= 11 is 2.98. The van der Waals surface area contributed by atoms with Crippen LogP contribution in [0.25, 0.3) is 0 Å².